The molecule has 1 aromatic carbocycles. The molecule has 0 unspecified atom stereocenters. The number of anilines is 1. The lowest BCUT2D eigenvalue weighted by atomic mass is 10.1. The number of carbonyl (C=O) groups excluding carboxylic acids is 1. The van der Waals surface area contributed by atoms with Gasteiger partial charge in [0.15, 0.2) is 0 Å². The van der Waals surface area contributed by atoms with Gasteiger partial charge in [0.1, 0.15) is 5.82 Å². The van der Waals surface area contributed by atoms with Crippen molar-refractivity contribution in [2.45, 2.75) is 26.3 Å². The normalized spacial score (nSPS) is 11.3. The minimum absolute atomic E-state index is 0.139. The zero-order valence-corrected chi connectivity index (χ0v) is 13.3. The van der Waals surface area contributed by atoms with Gasteiger partial charge in [-0.1, -0.05) is 30.3 Å². The zero-order valence-electron chi connectivity index (χ0n) is 13.3. The Morgan fingerprint density at radius 2 is 1.95 bits per heavy atom. The monoisotopic (exact) mass is 302 g/mol. The van der Waals surface area contributed by atoms with E-state index in [9.17, 15) is 9.90 Å². The van der Waals surface area contributed by atoms with Crippen LogP contribution in [0.4, 0.5) is 10.6 Å². The molecule has 0 radical (unpaired) electrons. The number of urea groups is 1. The lowest BCUT2D eigenvalue weighted by Gasteiger charge is -2.23. The number of nitrogens with one attached hydrogen (secondary N) is 2. The summed E-state index contributed by atoms with van der Waals surface area (Å²) >= 11 is 0. The maximum absolute atomic E-state index is 12.1. The molecule has 0 aliphatic rings. The summed E-state index contributed by atoms with van der Waals surface area (Å²) in [6.07, 6.45) is 0. The van der Waals surface area contributed by atoms with Crippen molar-refractivity contribution < 1.29 is 9.90 Å². The molecule has 1 heterocycles. The topological polar surface area (TPSA) is 79.2 Å². The van der Waals surface area contributed by atoms with Crippen molar-refractivity contribution in [2.24, 2.45) is 7.05 Å². The van der Waals surface area contributed by atoms with Crippen LogP contribution in [-0.2, 0) is 7.05 Å². The van der Waals surface area contributed by atoms with Crippen LogP contribution in [-0.4, -0.2) is 33.1 Å². The first-order valence-electron chi connectivity index (χ1n) is 7.13. The average molecular weight is 302 g/mol. The van der Waals surface area contributed by atoms with Gasteiger partial charge in [-0.25, -0.2) is 4.79 Å². The van der Waals surface area contributed by atoms with Crippen molar-refractivity contribution in [3.05, 3.63) is 35.9 Å². The van der Waals surface area contributed by atoms with Gasteiger partial charge < -0.3 is 10.4 Å². The number of aryl methyl sites for hydroxylation is 1. The molecule has 0 bridgehead atoms. The molecule has 2 amide bonds. The first-order chi connectivity index (χ1) is 10.3. The standard InChI is InChI=1S/C16H22N4O2/c1-11-13(12-8-6-5-7-9-12)19-20(4)14(11)17-15(22)18-16(2,3)10-21/h5-9,21H,10H2,1-4H3,(H2,17,18,22). The molecular weight excluding hydrogens is 280 g/mol. The molecule has 0 aliphatic carbocycles. The van der Waals surface area contributed by atoms with E-state index in [0.717, 1.165) is 16.8 Å². The fourth-order valence-electron chi connectivity index (χ4n) is 2.16. The number of aromatic nitrogens is 2. The molecule has 0 saturated carbocycles. The highest BCUT2D eigenvalue weighted by atomic mass is 16.3. The van der Waals surface area contributed by atoms with E-state index in [4.69, 9.17) is 0 Å². The van der Waals surface area contributed by atoms with Gasteiger partial charge >= 0.3 is 6.03 Å². The molecule has 0 fully saturated rings. The van der Waals surface area contributed by atoms with Crippen LogP contribution in [0.15, 0.2) is 30.3 Å². The van der Waals surface area contributed by atoms with Crippen molar-refractivity contribution in [2.75, 3.05) is 11.9 Å². The van der Waals surface area contributed by atoms with Crippen LogP contribution >= 0.6 is 0 Å². The predicted molar refractivity (Wildman–Crippen MR) is 86.7 cm³/mol. The Balaban J connectivity index is 2.23. The zero-order chi connectivity index (χ0) is 16.3. The van der Waals surface area contributed by atoms with Crippen LogP contribution < -0.4 is 10.6 Å². The molecule has 118 valence electrons. The molecule has 0 spiro atoms. The maximum Gasteiger partial charge on any atom is 0.320 e. The third kappa shape index (κ3) is 3.46. The van der Waals surface area contributed by atoms with Crippen molar-refractivity contribution in [3.63, 3.8) is 0 Å². The summed E-state index contributed by atoms with van der Waals surface area (Å²) in [5.41, 5.74) is 2.05. The molecule has 0 atom stereocenters. The van der Waals surface area contributed by atoms with Gasteiger partial charge in [-0.05, 0) is 20.8 Å². The Morgan fingerprint density at radius 1 is 1.32 bits per heavy atom. The summed E-state index contributed by atoms with van der Waals surface area (Å²) in [7, 11) is 1.78. The number of carbonyl (C=O) groups is 1. The molecule has 3 N–H and O–H groups in total. The van der Waals surface area contributed by atoms with Gasteiger partial charge in [0.2, 0.25) is 0 Å². The molecule has 2 aromatic rings. The van der Waals surface area contributed by atoms with Crippen LogP contribution in [0.25, 0.3) is 11.3 Å². The number of nitrogens with zero attached hydrogens (tertiary/aromatic N) is 2. The van der Waals surface area contributed by atoms with Gasteiger partial charge in [0.25, 0.3) is 0 Å². The van der Waals surface area contributed by atoms with Crippen LogP contribution in [0, 0.1) is 6.92 Å². The van der Waals surface area contributed by atoms with Crippen molar-refractivity contribution in [3.8, 4) is 11.3 Å². The van der Waals surface area contributed by atoms with Crippen LogP contribution in [0.3, 0.4) is 0 Å². The van der Waals surface area contributed by atoms with E-state index in [0.29, 0.717) is 5.82 Å². The van der Waals surface area contributed by atoms with Crippen LogP contribution in [0.1, 0.15) is 19.4 Å². The Hall–Kier alpha value is -2.34. The smallest absolute Gasteiger partial charge is 0.320 e. The minimum atomic E-state index is -0.682. The van der Waals surface area contributed by atoms with E-state index in [1.165, 1.54) is 0 Å². The number of benzene rings is 1. The largest absolute Gasteiger partial charge is 0.394 e. The molecule has 6 heteroatoms. The highest BCUT2D eigenvalue weighted by Crippen LogP contribution is 2.27. The van der Waals surface area contributed by atoms with Gasteiger partial charge in [0, 0.05) is 18.2 Å². The summed E-state index contributed by atoms with van der Waals surface area (Å²) in [6.45, 7) is 5.28. The van der Waals surface area contributed by atoms with E-state index in [-0.39, 0.29) is 12.6 Å². The fourth-order valence-corrected chi connectivity index (χ4v) is 2.16. The molecular formula is C16H22N4O2. The number of hydrogen-bond donors (Lipinski definition) is 3. The highest BCUT2D eigenvalue weighted by Gasteiger charge is 2.21. The van der Waals surface area contributed by atoms with Gasteiger partial charge in [0.05, 0.1) is 17.8 Å². The number of amides is 2. The fraction of sp³-hybridized carbons (Fsp3) is 0.375. The summed E-state index contributed by atoms with van der Waals surface area (Å²) in [6, 6.07) is 9.44. The van der Waals surface area contributed by atoms with Crippen molar-refractivity contribution >= 4 is 11.8 Å². The third-order valence-corrected chi connectivity index (χ3v) is 3.41. The molecule has 0 aliphatic heterocycles. The number of aliphatic hydroxyl groups is 1. The van der Waals surface area contributed by atoms with Gasteiger partial charge in [-0.2, -0.15) is 5.10 Å². The van der Waals surface area contributed by atoms with Gasteiger partial charge in [-0.3, -0.25) is 10.00 Å². The lowest BCUT2D eigenvalue weighted by molar-refractivity contribution is 0.187. The van der Waals surface area contributed by atoms with E-state index >= 15 is 0 Å². The van der Waals surface area contributed by atoms with E-state index in [2.05, 4.69) is 15.7 Å². The second kappa shape index (κ2) is 6.19. The number of rotatable bonds is 4. The van der Waals surface area contributed by atoms with Crippen LogP contribution in [0.5, 0.6) is 0 Å². The molecule has 0 saturated heterocycles. The Morgan fingerprint density at radius 3 is 2.55 bits per heavy atom. The molecule has 22 heavy (non-hydrogen) atoms. The summed E-state index contributed by atoms with van der Waals surface area (Å²) in [5, 5.41) is 19.2. The van der Waals surface area contributed by atoms with E-state index in [1.54, 1.807) is 25.6 Å². The molecule has 1 aromatic heterocycles. The predicted octanol–water partition coefficient (Wildman–Crippen LogP) is 2.29. The second-order valence-corrected chi connectivity index (χ2v) is 5.93. The lowest BCUT2D eigenvalue weighted by Crippen LogP contribution is -2.48. The SMILES string of the molecule is Cc1c(-c2ccccc2)nn(C)c1NC(=O)NC(C)(C)CO. The van der Waals surface area contributed by atoms with Crippen molar-refractivity contribution in [1.82, 2.24) is 15.1 Å². The highest BCUT2D eigenvalue weighted by molar-refractivity contribution is 5.90. The molecule has 6 nitrogen and oxygen atoms in total. The number of aliphatic hydroxyl groups excluding tert-OH is 1. The second-order valence-electron chi connectivity index (χ2n) is 5.93. The summed E-state index contributed by atoms with van der Waals surface area (Å²) < 4.78 is 1.64. The number of hydrogen-bond acceptors (Lipinski definition) is 3. The van der Waals surface area contributed by atoms with Gasteiger partial charge in [-0.15, -0.1) is 0 Å². The maximum atomic E-state index is 12.1. The Bertz CT molecular complexity index is 662. The Kier molecular flexibility index (Phi) is 4.51. The first-order valence-corrected chi connectivity index (χ1v) is 7.13. The average Bonchev–Trinajstić information content (AvgIpc) is 2.76. The quantitative estimate of drug-likeness (QED) is 0.810. The van der Waals surface area contributed by atoms with Crippen molar-refractivity contribution in [1.29, 1.82) is 0 Å². The Labute approximate surface area is 130 Å². The summed E-state index contributed by atoms with van der Waals surface area (Å²) in [5.74, 6) is 0.630. The third-order valence-electron chi connectivity index (χ3n) is 3.41. The molecule has 2 rings (SSSR count). The van der Waals surface area contributed by atoms with E-state index < -0.39 is 5.54 Å². The van der Waals surface area contributed by atoms with Crippen LogP contribution in [0.2, 0.25) is 0 Å². The first kappa shape index (κ1) is 16.0. The van der Waals surface area contributed by atoms with E-state index in [1.807, 2.05) is 37.3 Å². The minimum Gasteiger partial charge on any atom is -0.394 e. The summed E-state index contributed by atoms with van der Waals surface area (Å²) in [4.78, 5) is 12.1.